The number of ether oxygens (including phenoxy) is 3. The van der Waals surface area contributed by atoms with Crippen molar-refractivity contribution in [2.45, 2.75) is 45.1 Å². The molecule has 0 aliphatic heterocycles. The molecule has 0 bridgehead atoms. The third kappa shape index (κ3) is 6.27. The van der Waals surface area contributed by atoms with Crippen LogP contribution in [0.15, 0.2) is 34.9 Å². The number of carbonyl (C=O) groups is 2. The number of methoxy groups -OCH3 is 3. The van der Waals surface area contributed by atoms with Gasteiger partial charge in [-0.25, -0.2) is 4.39 Å². The van der Waals surface area contributed by atoms with Gasteiger partial charge in [0.1, 0.15) is 11.4 Å². The van der Waals surface area contributed by atoms with Crippen molar-refractivity contribution in [3.63, 3.8) is 0 Å². The Kier molecular flexibility index (Phi) is 8.96. The van der Waals surface area contributed by atoms with Gasteiger partial charge in [-0.15, -0.1) is 0 Å². The van der Waals surface area contributed by atoms with Crippen molar-refractivity contribution in [3.05, 3.63) is 52.4 Å². The number of amides is 2. The number of carbonyl (C=O) groups excluding carboxylic acids is 2. The summed E-state index contributed by atoms with van der Waals surface area (Å²) in [6, 6.07) is 7.42. The van der Waals surface area contributed by atoms with E-state index in [0.29, 0.717) is 35.1 Å². The molecule has 2 N–H and O–H groups in total. The van der Waals surface area contributed by atoms with Crippen LogP contribution in [0.5, 0.6) is 17.2 Å². The van der Waals surface area contributed by atoms with E-state index in [9.17, 15) is 14.0 Å². The Hall–Kier alpha value is -3.79. The van der Waals surface area contributed by atoms with Crippen molar-refractivity contribution in [3.8, 4) is 28.6 Å². The fourth-order valence-electron chi connectivity index (χ4n) is 5.02. The van der Waals surface area contributed by atoms with Crippen LogP contribution in [-0.4, -0.2) is 44.3 Å². The van der Waals surface area contributed by atoms with Crippen LogP contribution in [0.25, 0.3) is 11.3 Å². The first-order valence-electron chi connectivity index (χ1n) is 12.6. The van der Waals surface area contributed by atoms with Gasteiger partial charge >= 0.3 is 0 Å². The van der Waals surface area contributed by atoms with Crippen LogP contribution in [0, 0.1) is 18.7 Å². The minimum Gasteiger partial charge on any atom is -0.493 e. The smallest absolute Gasteiger partial charge is 0.257 e. The fraction of sp³-hybridized carbons (Fsp3) is 0.393. The average molecular weight is 560 g/mol. The minimum atomic E-state index is -0.608. The van der Waals surface area contributed by atoms with Gasteiger partial charge in [-0.2, -0.15) is 0 Å². The van der Waals surface area contributed by atoms with Crippen LogP contribution >= 0.6 is 11.6 Å². The van der Waals surface area contributed by atoms with E-state index in [4.69, 9.17) is 30.3 Å². The Morgan fingerprint density at radius 3 is 2.49 bits per heavy atom. The van der Waals surface area contributed by atoms with E-state index in [1.807, 2.05) is 0 Å². The number of hydrogen-bond acceptors (Lipinski definition) is 7. The molecule has 2 atom stereocenters. The molecule has 11 heteroatoms. The molecule has 39 heavy (non-hydrogen) atoms. The number of aromatic nitrogens is 1. The summed E-state index contributed by atoms with van der Waals surface area (Å²) < 4.78 is 35.9. The molecule has 0 spiro atoms. The molecule has 208 valence electrons. The van der Waals surface area contributed by atoms with E-state index < -0.39 is 11.7 Å². The lowest BCUT2D eigenvalue weighted by Crippen LogP contribution is -2.39. The molecule has 0 radical (unpaired) electrons. The summed E-state index contributed by atoms with van der Waals surface area (Å²) in [5.74, 6) is 0.180. The minimum absolute atomic E-state index is 0.00472. The zero-order chi connectivity index (χ0) is 28.1. The molecule has 1 aliphatic carbocycles. The number of hydrogen-bond donors (Lipinski definition) is 2. The molecule has 1 saturated carbocycles. The molecule has 2 amide bonds. The highest BCUT2D eigenvalue weighted by Gasteiger charge is 2.30. The summed E-state index contributed by atoms with van der Waals surface area (Å²) in [7, 11) is 4.53. The first kappa shape index (κ1) is 28.2. The van der Waals surface area contributed by atoms with Crippen LogP contribution in [-0.2, 0) is 4.79 Å². The Bertz CT molecular complexity index is 1320. The lowest BCUT2D eigenvalue weighted by molar-refractivity contribution is -0.117. The number of benzene rings is 2. The summed E-state index contributed by atoms with van der Waals surface area (Å²) in [4.78, 5) is 26.1. The number of nitrogens with zero attached hydrogens (tertiary/aromatic N) is 1. The Morgan fingerprint density at radius 1 is 1.13 bits per heavy atom. The second-order valence-electron chi connectivity index (χ2n) is 9.44. The number of halogens is 2. The molecule has 9 nitrogen and oxygen atoms in total. The standard InChI is InChI=1S/C28H31ClFN3O6/c1-15-24(27(39-33-15)25-19(29)9-6-10-20(25)30)28(35)32-17-8-5-7-16(11-17)12-23(34)31-18-13-21(36-2)26(38-4)22(14-18)37-3/h6,9-10,13-14,16-17H,5,7-8,11-12H2,1-4H3,(H,31,34)(H,32,35). The largest absolute Gasteiger partial charge is 0.493 e. The summed E-state index contributed by atoms with van der Waals surface area (Å²) in [6.07, 6.45) is 3.37. The van der Waals surface area contributed by atoms with Gasteiger partial charge in [0.2, 0.25) is 11.7 Å². The maximum Gasteiger partial charge on any atom is 0.257 e. The van der Waals surface area contributed by atoms with Gasteiger partial charge in [-0.3, -0.25) is 9.59 Å². The molecular weight excluding hydrogens is 529 g/mol. The Morgan fingerprint density at radius 2 is 1.85 bits per heavy atom. The molecule has 0 saturated heterocycles. The SMILES string of the molecule is COc1cc(NC(=O)CC2CCCC(NC(=O)c3c(C)noc3-c3c(F)cccc3Cl)C2)cc(OC)c1OC. The van der Waals surface area contributed by atoms with Crippen LogP contribution in [0.2, 0.25) is 5.02 Å². The van der Waals surface area contributed by atoms with E-state index in [2.05, 4.69) is 15.8 Å². The summed E-state index contributed by atoms with van der Waals surface area (Å²) in [5.41, 5.74) is 0.996. The highest BCUT2D eigenvalue weighted by Crippen LogP contribution is 2.40. The first-order valence-corrected chi connectivity index (χ1v) is 12.9. The van der Waals surface area contributed by atoms with Gasteiger partial charge < -0.3 is 29.4 Å². The Balaban J connectivity index is 1.41. The molecule has 4 rings (SSSR count). The predicted molar refractivity (Wildman–Crippen MR) is 144 cm³/mol. The van der Waals surface area contributed by atoms with Crippen LogP contribution in [0.4, 0.5) is 10.1 Å². The van der Waals surface area contributed by atoms with Crippen molar-refractivity contribution >= 4 is 29.1 Å². The second kappa shape index (κ2) is 12.4. The lowest BCUT2D eigenvalue weighted by atomic mass is 9.83. The third-order valence-electron chi connectivity index (χ3n) is 6.82. The zero-order valence-corrected chi connectivity index (χ0v) is 23.0. The van der Waals surface area contributed by atoms with Gasteiger partial charge in [-0.1, -0.05) is 29.2 Å². The van der Waals surface area contributed by atoms with Gasteiger partial charge in [-0.05, 0) is 44.2 Å². The molecule has 1 fully saturated rings. The van der Waals surface area contributed by atoms with Crippen LogP contribution in [0.3, 0.4) is 0 Å². The van der Waals surface area contributed by atoms with Crippen molar-refractivity contribution in [2.24, 2.45) is 5.92 Å². The highest BCUT2D eigenvalue weighted by atomic mass is 35.5. The first-order chi connectivity index (χ1) is 18.7. The van der Waals surface area contributed by atoms with Gasteiger partial charge in [0.25, 0.3) is 5.91 Å². The number of rotatable bonds is 9. The lowest BCUT2D eigenvalue weighted by Gasteiger charge is -2.29. The topological polar surface area (TPSA) is 112 Å². The molecule has 1 aromatic heterocycles. The number of nitrogens with one attached hydrogen (secondary N) is 2. The van der Waals surface area contributed by atoms with E-state index in [1.54, 1.807) is 19.1 Å². The van der Waals surface area contributed by atoms with E-state index in [0.717, 1.165) is 19.3 Å². The van der Waals surface area contributed by atoms with Crippen molar-refractivity contribution in [2.75, 3.05) is 26.6 Å². The van der Waals surface area contributed by atoms with E-state index in [1.165, 1.54) is 39.5 Å². The zero-order valence-electron chi connectivity index (χ0n) is 22.2. The number of aryl methyl sites for hydroxylation is 1. The summed E-state index contributed by atoms with van der Waals surface area (Å²) >= 11 is 6.20. The molecule has 3 aromatic rings. The summed E-state index contributed by atoms with van der Waals surface area (Å²) in [5, 5.41) is 9.93. The quantitative estimate of drug-likeness (QED) is 0.341. The third-order valence-corrected chi connectivity index (χ3v) is 7.14. The molecule has 2 unspecified atom stereocenters. The van der Waals surface area contributed by atoms with Crippen molar-refractivity contribution in [1.82, 2.24) is 10.5 Å². The van der Waals surface area contributed by atoms with Crippen molar-refractivity contribution in [1.29, 1.82) is 0 Å². The van der Waals surface area contributed by atoms with E-state index in [-0.39, 0.29) is 46.2 Å². The number of anilines is 1. The predicted octanol–water partition coefficient (Wildman–Crippen LogP) is 5.79. The van der Waals surface area contributed by atoms with Crippen molar-refractivity contribution < 1.29 is 32.7 Å². The Labute approximate surface area is 230 Å². The highest BCUT2D eigenvalue weighted by molar-refractivity contribution is 6.33. The molecule has 1 aliphatic rings. The monoisotopic (exact) mass is 559 g/mol. The average Bonchev–Trinajstić information content (AvgIpc) is 3.28. The fourth-order valence-corrected chi connectivity index (χ4v) is 5.26. The maximum atomic E-state index is 14.5. The van der Waals surface area contributed by atoms with Crippen LogP contribution < -0.4 is 24.8 Å². The maximum absolute atomic E-state index is 14.5. The van der Waals surface area contributed by atoms with E-state index >= 15 is 0 Å². The van der Waals surface area contributed by atoms with Gasteiger partial charge in [0.05, 0.1) is 37.6 Å². The van der Waals surface area contributed by atoms with Gasteiger partial charge in [0.15, 0.2) is 17.3 Å². The summed E-state index contributed by atoms with van der Waals surface area (Å²) in [6.45, 7) is 1.62. The molecular formula is C28H31ClFN3O6. The molecule has 1 heterocycles. The molecule has 2 aromatic carbocycles. The van der Waals surface area contributed by atoms with Crippen LogP contribution in [0.1, 0.15) is 48.2 Å². The van der Waals surface area contributed by atoms with Gasteiger partial charge in [0, 0.05) is 30.3 Å². The second-order valence-corrected chi connectivity index (χ2v) is 9.85. The normalized spacial score (nSPS) is 16.9.